The van der Waals surface area contributed by atoms with E-state index in [-0.39, 0.29) is 24.8 Å². The average molecular weight is 362 g/mol. The van der Waals surface area contributed by atoms with E-state index in [2.05, 4.69) is 5.32 Å². The van der Waals surface area contributed by atoms with Crippen LogP contribution in [0.1, 0.15) is 0 Å². The molecule has 0 radical (unpaired) electrons. The van der Waals surface area contributed by atoms with Crippen LogP contribution in [0, 0.1) is 0 Å². The summed E-state index contributed by atoms with van der Waals surface area (Å²) in [7, 11) is 1.91. The van der Waals surface area contributed by atoms with Crippen LogP contribution in [0.3, 0.4) is 0 Å². The first kappa shape index (κ1) is 23.0. The summed E-state index contributed by atoms with van der Waals surface area (Å²) in [4.78, 5) is 10.2. The Bertz CT molecular complexity index is 583. The molecule has 0 unspecified atom stereocenters. The summed E-state index contributed by atoms with van der Waals surface area (Å²) in [5.74, 6) is -0.715. The maximum atomic E-state index is 10.2. The Labute approximate surface area is 147 Å². The van der Waals surface area contributed by atoms with Gasteiger partial charge in [0.1, 0.15) is 5.75 Å². The number of para-hydroxylation sites is 1. The monoisotopic (exact) mass is 361 g/mol. The van der Waals surface area contributed by atoms with Crippen molar-refractivity contribution in [3.8, 4) is 5.75 Å². The highest BCUT2D eigenvalue weighted by molar-refractivity contribution is 5.85. The van der Waals surface area contributed by atoms with Gasteiger partial charge in [0.05, 0.1) is 5.69 Å². The van der Waals surface area contributed by atoms with Gasteiger partial charge < -0.3 is 26.6 Å². The molecule has 0 bridgehead atoms. The van der Waals surface area contributed by atoms with E-state index in [0.717, 1.165) is 5.69 Å². The van der Waals surface area contributed by atoms with Gasteiger partial charge in [0.15, 0.2) is 6.61 Å². The van der Waals surface area contributed by atoms with Crippen molar-refractivity contribution in [3.05, 3.63) is 48.5 Å². The van der Waals surface area contributed by atoms with Crippen LogP contribution in [0.25, 0.3) is 0 Å². The molecule has 0 fully saturated rings. The molecule has 0 aliphatic carbocycles. The fourth-order valence-electron chi connectivity index (χ4n) is 1.44. The summed E-state index contributed by atoms with van der Waals surface area (Å²) in [6.07, 6.45) is 0. The second-order valence-corrected chi connectivity index (χ2v) is 4.10. The molecule has 23 heavy (non-hydrogen) atoms. The predicted octanol–water partition coefficient (Wildman–Crippen LogP) is 2.89. The van der Waals surface area contributed by atoms with Crippen molar-refractivity contribution < 1.29 is 14.6 Å². The molecule has 0 aromatic heterocycles. The number of carboxylic acid groups (broad SMARTS) is 1. The fourth-order valence-corrected chi connectivity index (χ4v) is 1.44. The lowest BCUT2D eigenvalue weighted by atomic mass is 10.2. The number of hydrogen-bond donors (Lipinski definition) is 4. The van der Waals surface area contributed by atoms with E-state index in [1.807, 2.05) is 37.4 Å². The lowest BCUT2D eigenvalue weighted by Gasteiger charge is -2.06. The molecule has 0 heterocycles. The van der Waals surface area contributed by atoms with E-state index in [1.54, 1.807) is 6.07 Å². The number of nitrogen functional groups attached to an aromatic ring is 2. The van der Waals surface area contributed by atoms with E-state index in [9.17, 15) is 4.79 Å². The largest absolute Gasteiger partial charge is 0.480 e. The third-order valence-electron chi connectivity index (χ3n) is 2.45. The molecule has 128 valence electrons. The van der Waals surface area contributed by atoms with Crippen LogP contribution in [-0.2, 0) is 4.79 Å². The van der Waals surface area contributed by atoms with Gasteiger partial charge in [-0.1, -0.05) is 18.2 Å². The Morgan fingerprint density at radius 3 is 2.17 bits per heavy atom. The van der Waals surface area contributed by atoms with E-state index < -0.39 is 12.6 Å². The first-order valence-electron chi connectivity index (χ1n) is 6.25. The number of ether oxygens (including phenoxy) is 1. The predicted molar refractivity (Wildman–Crippen MR) is 98.9 cm³/mol. The summed E-state index contributed by atoms with van der Waals surface area (Å²) >= 11 is 0. The fraction of sp³-hybridized carbons (Fsp3) is 0.133. The quantitative estimate of drug-likeness (QED) is 0.623. The minimum atomic E-state index is -1.05. The molecule has 0 amide bonds. The number of carbonyl (C=O) groups is 1. The van der Waals surface area contributed by atoms with Crippen molar-refractivity contribution in [1.29, 1.82) is 0 Å². The molecule has 0 saturated heterocycles. The highest BCUT2D eigenvalue weighted by Gasteiger charge is 2.02. The van der Waals surface area contributed by atoms with Crippen molar-refractivity contribution in [1.82, 2.24) is 0 Å². The van der Waals surface area contributed by atoms with Gasteiger partial charge in [-0.3, -0.25) is 0 Å². The van der Waals surface area contributed by atoms with Crippen LogP contribution < -0.4 is 21.5 Å². The molecular weight excluding hydrogens is 341 g/mol. The summed E-state index contributed by atoms with van der Waals surface area (Å²) in [5.41, 5.74) is 12.9. The second-order valence-electron chi connectivity index (χ2n) is 4.10. The van der Waals surface area contributed by atoms with Gasteiger partial charge in [0.2, 0.25) is 0 Å². The van der Waals surface area contributed by atoms with E-state index >= 15 is 0 Å². The molecule has 0 aliphatic rings. The van der Waals surface area contributed by atoms with Crippen LogP contribution in [0.15, 0.2) is 48.5 Å². The highest BCUT2D eigenvalue weighted by Crippen LogP contribution is 2.23. The van der Waals surface area contributed by atoms with Gasteiger partial charge in [-0.2, -0.15) is 0 Å². The Balaban J connectivity index is 0. The maximum Gasteiger partial charge on any atom is 0.341 e. The first-order chi connectivity index (χ1) is 10.0. The number of rotatable bonds is 4. The molecule has 6 nitrogen and oxygen atoms in total. The van der Waals surface area contributed by atoms with Crippen molar-refractivity contribution in [2.75, 3.05) is 30.4 Å². The van der Waals surface area contributed by atoms with Crippen LogP contribution >= 0.6 is 24.8 Å². The summed E-state index contributed by atoms with van der Waals surface area (Å²) in [6.45, 7) is -0.409. The summed E-state index contributed by atoms with van der Waals surface area (Å²) in [6, 6.07) is 14.7. The van der Waals surface area contributed by atoms with Crippen LogP contribution in [0.4, 0.5) is 17.1 Å². The number of carboxylic acids is 1. The molecule has 2 aromatic rings. The average Bonchev–Trinajstić information content (AvgIpc) is 2.47. The first-order valence-corrected chi connectivity index (χ1v) is 6.25. The van der Waals surface area contributed by atoms with Gasteiger partial charge in [-0.15, -0.1) is 24.8 Å². The Morgan fingerprint density at radius 2 is 1.74 bits per heavy atom. The van der Waals surface area contributed by atoms with Crippen molar-refractivity contribution in [2.24, 2.45) is 0 Å². The van der Waals surface area contributed by atoms with Gasteiger partial charge in [-0.25, -0.2) is 4.79 Å². The van der Waals surface area contributed by atoms with E-state index in [4.69, 9.17) is 21.3 Å². The Morgan fingerprint density at radius 1 is 1.13 bits per heavy atom. The molecule has 8 heteroatoms. The zero-order chi connectivity index (χ0) is 15.7. The minimum absolute atomic E-state index is 0. The Hall–Kier alpha value is -2.31. The van der Waals surface area contributed by atoms with Crippen molar-refractivity contribution in [3.63, 3.8) is 0 Å². The number of nitrogens with one attached hydrogen (secondary N) is 1. The van der Waals surface area contributed by atoms with E-state index in [0.29, 0.717) is 17.1 Å². The van der Waals surface area contributed by atoms with Gasteiger partial charge in [0.25, 0.3) is 0 Å². The molecule has 2 rings (SSSR count). The number of anilines is 3. The second kappa shape index (κ2) is 12.3. The zero-order valence-corrected chi connectivity index (χ0v) is 14.2. The van der Waals surface area contributed by atoms with E-state index in [1.165, 1.54) is 12.1 Å². The molecule has 0 spiro atoms. The third-order valence-corrected chi connectivity index (χ3v) is 2.45. The molecule has 0 saturated carbocycles. The standard InChI is InChI=1S/C8H10N2O3.C7H9N.2ClH/c9-5-1-2-7(6(10)3-5)13-4-8(11)12;1-8-7-5-3-2-4-6-7;;/h1-3H,4,9-10H2,(H,11,12);2-6,8H,1H3;2*1H. The minimum Gasteiger partial charge on any atom is -0.480 e. The van der Waals surface area contributed by atoms with Gasteiger partial charge in [0, 0.05) is 18.4 Å². The SMILES string of the molecule is CNc1ccccc1.Cl.Cl.Nc1ccc(OCC(=O)O)c(N)c1. The lowest BCUT2D eigenvalue weighted by molar-refractivity contribution is -0.139. The Kier molecular flexibility index (Phi) is 12.2. The molecule has 2 aromatic carbocycles. The van der Waals surface area contributed by atoms with Crippen LogP contribution in [-0.4, -0.2) is 24.7 Å². The summed E-state index contributed by atoms with van der Waals surface area (Å²) < 4.78 is 4.87. The highest BCUT2D eigenvalue weighted by atomic mass is 35.5. The van der Waals surface area contributed by atoms with Gasteiger partial charge >= 0.3 is 5.97 Å². The van der Waals surface area contributed by atoms with Crippen LogP contribution in [0.2, 0.25) is 0 Å². The number of aliphatic carboxylic acids is 1. The smallest absolute Gasteiger partial charge is 0.341 e. The maximum absolute atomic E-state index is 10.2. The number of halogens is 2. The number of hydrogen-bond acceptors (Lipinski definition) is 5. The molecule has 0 atom stereocenters. The normalized spacial score (nSPS) is 8.39. The van der Waals surface area contributed by atoms with Gasteiger partial charge in [-0.05, 0) is 30.3 Å². The molecule has 6 N–H and O–H groups in total. The summed E-state index contributed by atoms with van der Waals surface area (Å²) in [5, 5.41) is 11.4. The number of benzene rings is 2. The number of nitrogens with two attached hydrogens (primary N) is 2. The molecule has 0 aliphatic heterocycles. The van der Waals surface area contributed by atoms with Crippen LogP contribution in [0.5, 0.6) is 5.75 Å². The van der Waals surface area contributed by atoms with Crippen molar-refractivity contribution >= 4 is 47.8 Å². The third kappa shape index (κ3) is 9.34. The zero-order valence-electron chi connectivity index (χ0n) is 12.6. The lowest BCUT2D eigenvalue weighted by Crippen LogP contribution is -2.10. The topological polar surface area (TPSA) is 111 Å². The van der Waals surface area contributed by atoms with Crippen molar-refractivity contribution in [2.45, 2.75) is 0 Å². The molecular formula is C15H21Cl2N3O3.